The highest BCUT2D eigenvalue weighted by Gasteiger charge is 2.60. The third kappa shape index (κ3) is 3.59. The number of aromatic nitrogens is 2. The molecule has 1 aromatic carbocycles. The van der Waals surface area contributed by atoms with Crippen LogP contribution >= 0.6 is 0 Å². The Morgan fingerprint density at radius 3 is 2.63 bits per heavy atom. The number of nitrogens with two attached hydrogens (primary N) is 1. The van der Waals surface area contributed by atoms with Gasteiger partial charge in [0.25, 0.3) is 5.91 Å². The Labute approximate surface area is 153 Å². The summed E-state index contributed by atoms with van der Waals surface area (Å²) in [5.41, 5.74) is 5.93. The number of nitrogens with one attached hydrogen (secondary N) is 2. The Morgan fingerprint density at radius 2 is 1.96 bits per heavy atom. The number of hydrogen-bond donors (Lipinski definition) is 3. The molecule has 0 aliphatic heterocycles. The zero-order chi connectivity index (χ0) is 19.2. The van der Waals surface area contributed by atoms with E-state index in [4.69, 9.17) is 5.73 Å². The van der Waals surface area contributed by atoms with E-state index in [9.17, 15) is 18.0 Å². The van der Waals surface area contributed by atoms with Crippen LogP contribution in [0.1, 0.15) is 35.3 Å². The molecule has 2 aliphatic rings. The molecule has 1 unspecified atom stereocenters. The average molecular weight is 377 g/mol. The molecule has 2 fully saturated rings. The molecule has 2 aromatic rings. The number of nitrogens with zero attached hydrogens (tertiary/aromatic N) is 2. The summed E-state index contributed by atoms with van der Waals surface area (Å²) in [5, 5.41) is 5.67. The zero-order valence-corrected chi connectivity index (χ0v) is 14.3. The van der Waals surface area contributed by atoms with Gasteiger partial charge in [-0.1, -0.05) is 6.07 Å². The summed E-state index contributed by atoms with van der Waals surface area (Å²) in [7, 11) is 0. The number of alkyl halides is 3. The molecule has 4 N–H and O–H groups in total. The molecule has 1 spiro atoms. The molecule has 2 aliphatic carbocycles. The number of rotatable bonds is 4. The molecule has 0 bridgehead atoms. The maximum atomic E-state index is 12.7. The van der Waals surface area contributed by atoms with Gasteiger partial charge in [0.1, 0.15) is 5.69 Å². The number of amides is 1. The van der Waals surface area contributed by atoms with Crippen molar-refractivity contribution in [3.63, 3.8) is 0 Å². The Balaban J connectivity index is 1.41. The summed E-state index contributed by atoms with van der Waals surface area (Å²) in [6.45, 7) is 0. The number of hydrogen-bond acceptors (Lipinski definition) is 5. The molecule has 4 rings (SSSR count). The van der Waals surface area contributed by atoms with Crippen molar-refractivity contribution in [3.05, 3.63) is 47.8 Å². The van der Waals surface area contributed by atoms with Crippen LogP contribution in [-0.2, 0) is 6.18 Å². The minimum Gasteiger partial charge on any atom is -0.349 e. The van der Waals surface area contributed by atoms with Crippen LogP contribution in [-0.4, -0.2) is 28.0 Å². The van der Waals surface area contributed by atoms with Crippen LogP contribution in [0.4, 0.5) is 24.8 Å². The van der Waals surface area contributed by atoms with Crippen molar-refractivity contribution in [1.29, 1.82) is 0 Å². The lowest BCUT2D eigenvalue weighted by atomic mass is 9.76. The van der Waals surface area contributed by atoms with Crippen molar-refractivity contribution in [2.24, 2.45) is 11.1 Å². The van der Waals surface area contributed by atoms with Gasteiger partial charge >= 0.3 is 6.18 Å². The topological polar surface area (TPSA) is 92.9 Å². The first kappa shape index (κ1) is 17.7. The van der Waals surface area contributed by atoms with Crippen molar-refractivity contribution in [3.8, 4) is 0 Å². The number of benzene rings is 1. The van der Waals surface area contributed by atoms with Gasteiger partial charge in [-0.3, -0.25) is 4.79 Å². The summed E-state index contributed by atoms with van der Waals surface area (Å²) >= 11 is 0. The molecule has 142 valence electrons. The van der Waals surface area contributed by atoms with Gasteiger partial charge in [0.2, 0.25) is 5.95 Å². The molecular formula is C18H18F3N5O. The fraction of sp³-hybridized carbons (Fsp3) is 0.389. The molecule has 1 atom stereocenters. The molecule has 1 amide bonds. The predicted molar refractivity (Wildman–Crippen MR) is 92.3 cm³/mol. The van der Waals surface area contributed by atoms with Crippen LogP contribution in [0.15, 0.2) is 36.5 Å². The fourth-order valence-electron chi connectivity index (χ4n) is 3.58. The van der Waals surface area contributed by atoms with Gasteiger partial charge in [0, 0.05) is 29.5 Å². The Bertz CT molecular complexity index is 879. The van der Waals surface area contributed by atoms with E-state index < -0.39 is 11.9 Å². The smallest absolute Gasteiger partial charge is 0.349 e. The molecule has 0 saturated heterocycles. The van der Waals surface area contributed by atoms with Crippen LogP contribution in [0.2, 0.25) is 0 Å². The Morgan fingerprint density at radius 1 is 1.22 bits per heavy atom. The molecule has 2 saturated carbocycles. The molecular weight excluding hydrogens is 359 g/mol. The maximum Gasteiger partial charge on any atom is 0.433 e. The van der Waals surface area contributed by atoms with Gasteiger partial charge in [-0.2, -0.15) is 13.2 Å². The number of halogens is 3. The van der Waals surface area contributed by atoms with E-state index in [2.05, 4.69) is 20.6 Å². The summed E-state index contributed by atoms with van der Waals surface area (Å²) in [5.74, 6) is -0.413. The summed E-state index contributed by atoms with van der Waals surface area (Å²) in [6.07, 6.45) is -0.698. The normalized spacial score (nSPS) is 26.4. The van der Waals surface area contributed by atoms with Crippen LogP contribution in [0.25, 0.3) is 0 Å². The zero-order valence-electron chi connectivity index (χ0n) is 14.3. The monoisotopic (exact) mass is 377 g/mol. The van der Waals surface area contributed by atoms with Crippen molar-refractivity contribution < 1.29 is 18.0 Å². The first-order chi connectivity index (χ1) is 12.7. The van der Waals surface area contributed by atoms with Gasteiger partial charge in [-0.25, -0.2) is 9.97 Å². The summed E-state index contributed by atoms with van der Waals surface area (Å²) in [4.78, 5) is 19.6. The predicted octanol–water partition coefficient (Wildman–Crippen LogP) is 2.85. The van der Waals surface area contributed by atoms with Gasteiger partial charge in [0.05, 0.1) is 0 Å². The molecule has 0 radical (unpaired) electrons. The van der Waals surface area contributed by atoms with E-state index in [1.54, 1.807) is 24.3 Å². The first-order valence-corrected chi connectivity index (χ1v) is 8.59. The second-order valence-electron chi connectivity index (χ2n) is 7.22. The SMILES string of the molecule is NC1CC12CC(NC(=O)c1cccc(Nc3nccc(C(F)(F)F)n3)c1)C2. The van der Waals surface area contributed by atoms with Crippen molar-refractivity contribution in [1.82, 2.24) is 15.3 Å². The summed E-state index contributed by atoms with van der Waals surface area (Å²) in [6, 6.07) is 7.64. The second-order valence-corrected chi connectivity index (χ2v) is 7.22. The molecule has 1 aromatic heterocycles. The van der Waals surface area contributed by atoms with Gasteiger partial charge in [-0.15, -0.1) is 0 Å². The minimum absolute atomic E-state index is 0.120. The minimum atomic E-state index is -4.55. The van der Waals surface area contributed by atoms with E-state index in [1.807, 2.05) is 0 Å². The van der Waals surface area contributed by atoms with Crippen LogP contribution < -0.4 is 16.4 Å². The van der Waals surface area contributed by atoms with E-state index in [0.29, 0.717) is 11.3 Å². The van der Waals surface area contributed by atoms with Crippen LogP contribution in [0.5, 0.6) is 0 Å². The van der Waals surface area contributed by atoms with E-state index in [0.717, 1.165) is 31.5 Å². The van der Waals surface area contributed by atoms with Crippen molar-refractivity contribution in [2.75, 3.05) is 5.32 Å². The first-order valence-electron chi connectivity index (χ1n) is 8.59. The molecule has 27 heavy (non-hydrogen) atoms. The highest BCUT2D eigenvalue weighted by Crippen LogP contribution is 2.59. The molecule has 6 nitrogen and oxygen atoms in total. The van der Waals surface area contributed by atoms with Crippen LogP contribution in [0, 0.1) is 5.41 Å². The van der Waals surface area contributed by atoms with Crippen molar-refractivity contribution in [2.45, 2.75) is 37.5 Å². The van der Waals surface area contributed by atoms with Gasteiger partial charge < -0.3 is 16.4 Å². The number of carbonyl (C=O) groups excluding carboxylic acids is 1. The van der Waals surface area contributed by atoms with Gasteiger partial charge in [0.15, 0.2) is 0 Å². The number of anilines is 2. The molecule has 9 heteroatoms. The van der Waals surface area contributed by atoms with Crippen LogP contribution in [0.3, 0.4) is 0 Å². The van der Waals surface area contributed by atoms with E-state index >= 15 is 0 Å². The highest BCUT2D eigenvalue weighted by molar-refractivity contribution is 5.95. The van der Waals surface area contributed by atoms with Crippen molar-refractivity contribution >= 4 is 17.5 Å². The summed E-state index contributed by atoms with van der Waals surface area (Å²) < 4.78 is 38.2. The van der Waals surface area contributed by atoms with Gasteiger partial charge in [-0.05, 0) is 48.9 Å². The third-order valence-electron chi connectivity index (χ3n) is 5.22. The average Bonchev–Trinajstić information content (AvgIpc) is 3.25. The third-order valence-corrected chi connectivity index (χ3v) is 5.22. The standard InChI is InChI=1S/C18H18F3N5O/c19-18(20,21)14-4-5-23-16(26-14)25-11-3-1-2-10(6-11)15(27)24-12-7-17(8-12)9-13(17)22/h1-6,12-13H,7-9,22H2,(H,24,27)(H,23,25,26). The lowest BCUT2D eigenvalue weighted by molar-refractivity contribution is -0.141. The fourth-order valence-corrected chi connectivity index (χ4v) is 3.58. The largest absolute Gasteiger partial charge is 0.433 e. The Kier molecular flexibility index (Phi) is 4.06. The maximum absolute atomic E-state index is 12.7. The Hall–Kier alpha value is -2.68. The second kappa shape index (κ2) is 6.19. The quantitative estimate of drug-likeness (QED) is 0.762. The number of carbonyl (C=O) groups is 1. The lowest BCUT2D eigenvalue weighted by Crippen LogP contribution is -2.47. The highest BCUT2D eigenvalue weighted by atomic mass is 19.4. The van der Waals surface area contributed by atoms with E-state index in [1.165, 1.54) is 0 Å². The lowest BCUT2D eigenvalue weighted by Gasteiger charge is -2.37. The molecule has 1 heterocycles. The van der Waals surface area contributed by atoms with E-state index in [-0.39, 0.29) is 29.4 Å².